The molecule has 1 atom stereocenters. The minimum absolute atomic E-state index is 0. The fourth-order valence-corrected chi connectivity index (χ4v) is 5.12. The molecule has 9 nitrogen and oxygen atoms in total. The van der Waals surface area contributed by atoms with E-state index in [-0.39, 0.29) is 13.8 Å². The second-order valence-corrected chi connectivity index (χ2v) is 11.3. The molecule has 38 heavy (non-hydrogen) atoms. The van der Waals surface area contributed by atoms with Crippen molar-refractivity contribution in [3.05, 3.63) is 88.9 Å². The van der Waals surface area contributed by atoms with Gasteiger partial charge < -0.3 is 20.9 Å². The highest BCUT2D eigenvalue weighted by Crippen LogP contribution is 2.27. The van der Waals surface area contributed by atoms with Gasteiger partial charge >= 0.3 is 0 Å². The van der Waals surface area contributed by atoms with Crippen LogP contribution in [0.3, 0.4) is 0 Å². The Morgan fingerprint density at radius 2 is 1.61 bits per heavy atom. The fraction of sp³-hybridized carbons (Fsp3) is 0.259. The number of halogens is 1. The van der Waals surface area contributed by atoms with Gasteiger partial charge in [0.25, 0.3) is 5.91 Å². The van der Waals surface area contributed by atoms with Crippen LogP contribution < -0.4 is 20.7 Å². The quantitative estimate of drug-likeness (QED) is 0.365. The van der Waals surface area contributed by atoms with E-state index in [9.17, 15) is 18.0 Å². The van der Waals surface area contributed by atoms with E-state index in [2.05, 4.69) is 10.0 Å². The molecule has 1 fully saturated rings. The first kappa shape index (κ1) is 27.3. The summed E-state index contributed by atoms with van der Waals surface area (Å²) >= 11 is 6.02. The maximum atomic E-state index is 13.7. The number of para-hydroxylation sites is 3. The Hall–Kier alpha value is -3.76. The first-order valence-corrected chi connectivity index (χ1v) is 14.4. The number of benzene rings is 3. The van der Waals surface area contributed by atoms with E-state index in [0.29, 0.717) is 48.1 Å². The molecule has 4 N–H and O–H groups in total. The van der Waals surface area contributed by atoms with Gasteiger partial charge in [-0.05, 0) is 42.0 Å². The molecule has 0 aromatic heterocycles. The zero-order valence-corrected chi connectivity index (χ0v) is 22.5. The minimum Gasteiger partial charge on any atom is -0.398 e. The van der Waals surface area contributed by atoms with Gasteiger partial charge in [0.2, 0.25) is 15.9 Å². The number of nitrogen functional groups attached to an aromatic ring is 1. The summed E-state index contributed by atoms with van der Waals surface area (Å²) in [6, 6.07) is 20.2. The molecule has 11 heteroatoms. The third-order valence-electron chi connectivity index (χ3n) is 6.29. The molecule has 1 heterocycles. The summed E-state index contributed by atoms with van der Waals surface area (Å²) in [4.78, 5) is 30.5. The molecule has 4 rings (SSSR count). The minimum atomic E-state index is -3.44. The van der Waals surface area contributed by atoms with Crippen LogP contribution in [0.1, 0.15) is 17.3 Å². The normalized spacial score (nSPS) is 14.6. The van der Waals surface area contributed by atoms with E-state index in [1.807, 2.05) is 29.2 Å². The van der Waals surface area contributed by atoms with Crippen molar-refractivity contribution in [3.63, 3.8) is 0 Å². The zero-order chi connectivity index (χ0) is 27.3. The molecule has 0 aliphatic carbocycles. The third-order valence-corrected chi connectivity index (χ3v) is 7.14. The van der Waals surface area contributed by atoms with Crippen LogP contribution in [0.4, 0.5) is 17.1 Å². The lowest BCUT2D eigenvalue weighted by Gasteiger charge is -2.38. The summed E-state index contributed by atoms with van der Waals surface area (Å²) in [6.45, 7) is 1.82. The Labute approximate surface area is 229 Å². The van der Waals surface area contributed by atoms with Gasteiger partial charge in [0.15, 0.2) is 0 Å². The van der Waals surface area contributed by atoms with Crippen LogP contribution in [0.15, 0.2) is 72.8 Å². The maximum Gasteiger partial charge on any atom is 0.254 e. The molecular formula is C27H32ClN5O4S. The number of carbonyl (C=O) groups is 2. The largest absolute Gasteiger partial charge is 0.398 e. The van der Waals surface area contributed by atoms with Crippen LogP contribution in [0.2, 0.25) is 5.02 Å². The summed E-state index contributed by atoms with van der Waals surface area (Å²) in [6.07, 6.45) is 1.40. The number of hydrogen-bond acceptors (Lipinski definition) is 6. The third kappa shape index (κ3) is 6.96. The van der Waals surface area contributed by atoms with Crippen LogP contribution in [0.5, 0.6) is 0 Å². The molecule has 1 aliphatic rings. The Kier molecular flexibility index (Phi) is 8.43. The molecule has 202 valence electrons. The number of anilines is 3. The van der Waals surface area contributed by atoms with Crippen molar-refractivity contribution in [2.75, 3.05) is 47.8 Å². The van der Waals surface area contributed by atoms with Crippen molar-refractivity contribution < 1.29 is 19.4 Å². The smallest absolute Gasteiger partial charge is 0.254 e. The van der Waals surface area contributed by atoms with Crippen LogP contribution in [0.25, 0.3) is 0 Å². The van der Waals surface area contributed by atoms with Crippen molar-refractivity contribution in [1.29, 1.82) is 0 Å². The molecule has 3 aromatic carbocycles. The van der Waals surface area contributed by atoms with Crippen molar-refractivity contribution >= 4 is 50.5 Å². The highest BCUT2D eigenvalue weighted by atomic mass is 35.5. The summed E-state index contributed by atoms with van der Waals surface area (Å²) in [5.74, 6) is -0.625. The molecular weight excluding hydrogens is 526 g/mol. The highest BCUT2D eigenvalue weighted by Gasteiger charge is 2.30. The van der Waals surface area contributed by atoms with E-state index >= 15 is 0 Å². The molecule has 0 spiro atoms. The van der Waals surface area contributed by atoms with Gasteiger partial charge in [-0.2, -0.15) is 0 Å². The van der Waals surface area contributed by atoms with E-state index < -0.39 is 22.0 Å². The van der Waals surface area contributed by atoms with Crippen LogP contribution >= 0.6 is 11.6 Å². The number of nitrogens with zero attached hydrogens (tertiary/aromatic N) is 2. The highest BCUT2D eigenvalue weighted by molar-refractivity contribution is 7.92. The fourth-order valence-electron chi connectivity index (χ4n) is 4.42. The standard InChI is InChI=1S/C27H30ClN5O4S.H2/c1-38(36,37)31-23-8-4-5-9-25(23)32-14-16-33(17-15-32)27(35)24(18-19-10-12-20(28)13-11-19)30-26(34)21-6-2-3-7-22(21)29;/h2-13,24,31H,14-18,29H2,1H3,(H,30,34);1H/t24-;/m1./s1. The molecule has 1 saturated heterocycles. The van der Waals surface area contributed by atoms with E-state index in [4.69, 9.17) is 17.3 Å². The van der Waals surface area contributed by atoms with E-state index in [0.717, 1.165) is 17.5 Å². The zero-order valence-electron chi connectivity index (χ0n) is 20.9. The van der Waals surface area contributed by atoms with Gasteiger partial charge in [-0.15, -0.1) is 0 Å². The number of piperazine rings is 1. The van der Waals surface area contributed by atoms with E-state index in [1.165, 1.54) is 0 Å². The lowest BCUT2D eigenvalue weighted by molar-refractivity contribution is -0.133. The van der Waals surface area contributed by atoms with Gasteiger partial charge in [-0.1, -0.05) is 48.0 Å². The molecule has 0 radical (unpaired) electrons. The monoisotopic (exact) mass is 557 g/mol. The lowest BCUT2D eigenvalue weighted by atomic mass is 10.0. The second-order valence-electron chi connectivity index (χ2n) is 9.15. The molecule has 3 aromatic rings. The van der Waals surface area contributed by atoms with Crippen molar-refractivity contribution in [2.45, 2.75) is 12.5 Å². The van der Waals surface area contributed by atoms with Crippen molar-refractivity contribution in [2.24, 2.45) is 0 Å². The predicted octanol–water partition coefficient (Wildman–Crippen LogP) is 3.23. The van der Waals surface area contributed by atoms with Crippen LogP contribution in [-0.4, -0.2) is 63.6 Å². The number of rotatable bonds is 8. The summed E-state index contributed by atoms with van der Waals surface area (Å²) < 4.78 is 26.2. The second kappa shape index (κ2) is 11.7. The first-order chi connectivity index (χ1) is 18.1. The molecule has 0 bridgehead atoms. The van der Waals surface area contributed by atoms with E-state index in [1.54, 1.807) is 53.4 Å². The number of amides is 2. The van der Waals surface area contributed by atoms with Gasteiger partial charge in [-0.3, -0.25) is 14.3 Å². The number of nitrogens with one attached hydrogen (secondary N) is 2. The SMILES string of the molecule is CS(=O)(=O)Nc1ccccc1N1CCN(C(=O)[C@@H](Cc2ccc(Cl)cc2)NC(=O)c2ccccc2N)CC1.[HH]. The Morgan fingerprint density at radius 1 is 0.974 bits per heavy atom. The summed E-state index contributed by atoms with van der Waals surface area (Å²) in [7, 11) is -3.44. The van der Waals surface area contributed by atoms with Gasteiger partial charge in [0.05, 0.1) is 23.2 Å². The summed E-state index contributed by atoms with van der Waals surface area (Å²) in [5.41, 5.74) is 8.72. The predicted molar refractivity (Wildman–Crippen MR) is 153 cm³/mol. The molecule has 0 unspecified atom stereocenters. The van der Waals surface area contributed by atoms with Crippen molar-refractivity contribution in [3.8, 4) is 0 Å². The Balaban J connectivity index is 0.00000420. The average molecular weight is 558 g/mol. The van der Waals surface area contributed by atoms with Gasteiger partial charge in [0.1, 0.15) is 6.04 Å². The number of hydrogen-bond donors (Lipinski definition) is 3. The maximum absolute atomic E-state index is 13.7. The summed E-state index contributed by atoms with van der Waals surface area (Å²) in [5, 5.41) is 3.46. The number of nitrogens with two attached hydrogens (primary N) is 1. The van der Waals surface area contributed by atoms with Crippen LogP contribution in [0, 0.1) is 0 Å². The topological polar surface area (TPSA) is 125 Å². The Morgan fingerprint density at radius 3 is 2.26 bits per heavy atom. The lowest BCUT2D eigenvalue weighted by Crippen LogP contribution is -2.55. The number of sulfonamides is 1. The molecule has 1 aliphatic heterocycles. The average Bonchev–Trinajstić information content (AvgIpc) is 2.89. The van der Waals surface area contributed by atoms with Crippen LogP contribution in [-0.2, 0) is 21.2 Å². The van der Waals surface area contributed by atoms with Crippen molar-refractivity contribution in [1.82, 2.24) is 10.2 Å². The molecule has 0 saturated carbocycles. The molecule has 2 amide bonds. The first-order valence-electron chi connectivity index (χ1n) is 12.1. The van der Waals surface area contributed by atoms with Gasteiger partial charge in [0, 0.05) is 44.7 Å². The van der Waals surface area contributed by atoms with Gasteiger partial charge in [-0.25, -0.2) is 8.42 Å². The Bertz CT molecular complexity index is 1410. The number of carbonyl (C=O) groups excluding carboxylic acids is 2.